The van der Waals surface area contributed by atoms with E-state index in [9.17, 15) is 9.59 Å². The molecule has 0 aliphatic carbocycles. The summed E-state index contributed by atoms with van der Waals surface area (Å²) in [6, 6.07) is 1.61. The molecule has 1 rings (SSSR count). The average Bonchev–Trinajstić information content (AvgIpc) is 2.93. The van der Waals surface area contributed by atoms with E-state index >= 15 is 0 Å². The molecular weight excluding hydrogens is 248 g/mol. The monoisotopic (exact) mass is 268 g/mol. The van der Waals surface area contributed by atoms with Gasteiger partial charge in [-0.15, -0.1) is 0 Å². The highest BCUT2D eigenvalue weighted by molar-refractivity contribution is 5.94. The molecule has 6 heteroatoms. The predicted molar refractivity (Wildman–Crippen MR) is 69.8 cm³/mol. The van der Waals surface area contributed by atoms with Crippen molar-refractivity contribution in [3.8, 4) is 0 Å². The zero-order valence-electron chi connectivity index (χ0n) is 11.3. The van der Waals surface area contributed by atoms with Crippen molar-refractivity contribution >= 4 is 11.8 Å². The summed E-state index contributed by atoms with van der Waals surface area (Å²) < 4.78 is 9.72. The van der Waals surface area contributed by atoms with Crippen molar-refractivity contribution in [2.45, 2.75) is 13.3 Å². The van der Waals surface area contributed by atoms with Gasteiger partial charge in [0.25, 0.3) is 5.91 Å². The summed E-state index contributed by atoms with van der Waals surface area (Å²) in [5.41, 5.74) is 0.502. The van der Waals surface area contributed by atoms with Gasteiger partial charge in [0.2, 0.25) is 5.91 Å². The van der Waals surface area contributed by atoms with Gasteiger partial charge < -0.3 is 19.4 Å². The van der Waals surface area contributed by atoms with Gasteiger partial charge in [-0.2, -0.15) is 0 Å². The van der Waals surface area contributed by atoms with E-state index in [1.165, 1.54) is 12.5 Å². The van der Waals surface area contributed by atoms with Crippen molar-refractivity contribution in [3.63, 3.8) is 0 Å². The molecule has 1 aromatic heterocycles. The highest BCUT2D eigenvalue weighted by Gasteiger charge is 2.16. The van der Waals surface area contributed by atoms with Crippen LogP contribution in [0.4, 0.5) is 0 Å². The third kappa shape index (κ3) is 5.13. The van der Waals surface area contributed by atoms with Gasteiger partial charge >= 0.3 is 0 Å². The van der Waals surface area contributed by atoms with Gasteiger partial charge in [-0.25, -0.2) is 0 Å². The van der Waals surface area contributed by atoms with Crippen LogP contribution >= 0.6 is 0 Å². The quantitative estimate of drug-likeness (QED) is 0.711. The number of nitrogens with one attached hydrogen (secondary N) is 1. The molecule has 1 N–H and O–H groups in total. The minimum atomic E-state index is -0.124. The van der Waals surface area contributed by atoms with Crippen molar-refractivity contribution in [2.75, 3.05) is 33.4 Å². The van der Waals surface area contributed by atoms with E-state index < -0.39 is 0 Å². The zero-order chi connectivity index (χ0) is 14.1. The van der Waals surface area contributed by atoms with Gasteiger partial charge in [0.1, 0.15) is 6.26 Å². The topological polar surface area (TPSA) is 71.8 Å². The van der Waals surface area contributed by atoms with Crippen LogP contribution in [0.3, 0.4) is 0 Å². The number of amides is 2. The van der Waals surface area contributed by atoms with Crippen molar-refractivity contribution in [2.24, 2.45) is 0 Å². The molecule has 1 aromatic rings. The highest BCUT2D eigenvalue weighted by Crippen LogP contribution is 2.06. The second-order valence-electron chi connectivity index (χ2n) is 3.99. The molecule has 0 spiro atoms. The standard InChI is InChI=1S/C13H20N2O4/c1-3-15(13(17)11-5-8-19-10-11)7-4-12(16)14-6-9-18-2/h5,8,10H,3-4,6-7,9H2,1-2H3,(H,14,16). The molecule has 6 nitrogen and oxygen atoms in total. The number of furan rings is 1. The maximum atomic E-state index is 12.0. The summed E-state index contributed by atoms with van der Waals surface area (Å²) in [6.07, 6.45) is 3.14. The normalized spacial score (nSPS) is 10.2. The van der Waals surface area contributed by atoms with E-state index in [2.05, 4.69) is 5.32 Å². The average molecular weight is 268 g/mol. The molecule has 0 aromatic carbocycles. The first-order valence-corrected chi connectivity index (χ1v) is 6.26. The van der Waals surface area contributed by atoms with Gasteiger partial charge in [-0.3, -0.25) is 9.59 Å². The van der Waals surface area contributed by atoms with E-state index in [1.807, 2.05) is 6.92 Å². The minimum Gasteiger partial charge on any atom is -0.472 e. The molecule has 0 aliphatic heterocycles. The molecule has 0 atom stereocenters. The first kappa shape index (κ1) is 15.2. The van der Waals surface area contributed by atoms with Gasteiger partial charge in [0.15, 0.2) is 0 Å². The van der Waals surface area contributed by atoms with Crippen LogP contribution in [0.5, 0.6) is 0 Å². The summed E-state index contributed by atoms with van der Waals surface area (Å²) in [7, 11) is 1.58. The van der Waals surface area contributed by atoms with Crippen molar-refractivity contribution in [3.05, 3.63) is 24.2 Å². The maximum Gasteiger partial charge on any atom is 0.257 e. The Bertz CT molecular complexity index is 389. The van der Waals surface area contributed by atoms with Gasteiger partial charge in [0, 0.05) is 33.2 Å². The summed E-state index contributed by atoms with van der Waals surface area (Å²) in [5.74, 6) is -0.212. The summed E-state index contributed by atoms with van der Waals surface area (Å²) in [5, 5.41) is 2.72. The van der Waals surface area contributed by atoms with Gasteiger partial charge in [-0.1, -0.05) is 0 Å². The molecule has 1 heterocycles. The van der Waals surface area contributed by atoms with Gasteiger partial charge in [0.05, 0.1) is 18.4 Å². The van der Waals surface area contributed by atoms with Crippen molar-refractivity contribution < 1.29 is 18.7 Å². The van der Waals surface area contributed by atoms with Crippen LogP contribution < -0.4 is 5.32 Å². The molecular formula is C13H20N2O4. The lowest BCUT2D eigenvalue weighted by Gasteiger charge is -2.19. The summed E-state index contributed by atoms with van der Waals surface area (Å²) >= 11 is 0. The fourth-order valence-corrected chi connectivity index (χ4v) is 1.59. The van der Waals surface area contributed by atoms with Crippen LogP contribution in [0.15, 0.2) is 23.0 Å². The van der Waals surface area contributed by atoms with E-state index in [-0.39, 0.29) is 18.2 Å². The Labute approximate surface area is 112 Å². The van der Waals surface area contributed by atoms with E-state index in [0.717, 1.165) is 0 Å². The molecule has 0 saturated heterocycles. The van der Waals surface area contributed by atoms with E-state index in [0.29, 0.717) is 31.8 Å². The number of methoxy groups -OCH3 is 1. The fourth-order valence-electron chi connectivity index (χ4n) is 1.59. The number of carbonyl (C=O) groups excluding carboxylic acids is 2. The predicted octanol–water partition coefficient (Wildman–Crippen LogP) is 0.894. The number of hydrogen-bond acceptors (Lipinski definition) is 4. The number of nitrogens with zero attached hydrogens (tertiary/aromatic N) is 1. The molecule has 0 bridgehead atoms. The molecule has 0 unspecified atom stereocenters. The summed E-state index contributed by atoms with van der Waals surface area (Å²) in [4.78, 5) is 25.2. The molecule has 19 heavy (non-hydrogen) atoms. The lowest BCUT2D eigenvalue weighted by molar-refractivity contribution is -0.121. The second kappa shape index (κ2) is 8.31. The first-order chi connectivity index (χ1) is 9.19. The Hall–Kier alpha value is -1.82. The van der Waals surface area contributed by atoms with Crippen LogP contribution in [0, 0.1) is 0 Å². The number of carbonyl (C=O) groups is 2. The minimum absolute atomic E-state index is 0.0875. The number of ether oxygens (including phenoxy) is 1. The van der Waals surface area contributed by atoms with Crippen LogP contribution in [0.25, 0.3) is 0 Å². The van der Waals surface area contributed by atoms with Crippen LogP contribution in [-0.2, 0) is 9.53 Å². The highest BCUT2D eigenvalue weighted by atomic mass is 16.5. The largest absolute Gasteiger partial charge is 0.472 e. The Kier molecular flexibility index (Phi) is 6.67. The van der Waals surface area contributed by atoms with Crippen molar-refractivity contribution in [1.29, 1.82) is 0 Å². The fraction of sp³-hybridized carbons (Fsp3) is 0.538. The molecule has 2 amide bonds. The number of rotatable bonds is 8. The van der Waals surface area contributed by atoms with E-state index in [4.69, 9.17) is 9.15 Å². The third-order valence-electron chi connectivity index (χ3n) is 2.67. The van der Waals surface area contributed by atoms with Gasteiger partial charge in [-0.05, 0) is 13.0 Å². The second-order valence-corrected chi connectivity index (χ2v) is 3.99. The molecule has 0 saturated carbocycles. The third-order valence-corrected chi connectivity index (χ3v) is 2.67. The molecule has 106 valence electrons. The maximum absolute atomic E-state index is 12.0. The molecule has 0 fully saturated rings. The Morgan fingerprint density at radius 2 is 2.26 bits per heavy atom. The number of hydrogen-bond donors (Lipinski definition) is 1. The zero-order valence-corrected chi connectivity index (χ0v) is 11.3. The van der Waals surface area contributed by atoms with Crippen molar-refractivity contribution in [1.82, 2.24) is 10.2 Å². The smallest absolute Gasteiger partial charge is 0.257 e. The Balaban J connectivity index is 2.36. The van der Waals surface area contributed by atoms with E-state index in [1.54, 1.807) is 18.1 Å². The van der Waals surface area contributed by atoms with Crippen LogP contribution in [0.1, 0.15) is 23.7 Å². The summed E-state index contributed by atoms with van der Waals surface area (Å²) in [6.45, 7) is 3.78. The first-order valence-electron chi connectivity index (χ1n) is 6.26. The lowest BCUT2D eigenvalue weighted by atomic mass is 10.2. The Morgan fingerprint density at radius 1 is 1.47 bits per heavy atom. The molecule has 0 aliphatic rings. The van der Waals surface area contributed by atoms with Crippen LogP contribution in [0.2, 0.25) is 0 Å². The SMILES string of the molecule is CCN(CCC(=O)NCCOC)C(=O)c1ccoc1. The van der Waals surface area contributed by atoms with Crippen LogP contribution in [-0.4, -0.2) is 50.1 Å². The Morgan fingerprint density at radius 3 is 2.84 bits per heavy atom. The molecule has 0 radical (unpaired) electrons. The lowest BCUT2D eigenvalue weighted by Crippen LogP contribution is -2.35.